The van der Waals surface area contributed by atoms with Gasteiger partial charge in [-0.15, -0.1) is 0 Å². The molecule has 0 aliphatic heterocycles. The molecule has 0 atom stereocenters. The van der Waals surface area contributed by atoms with Crippen molar-refractivity contribution in [2.45, 2.75) is 19.9 Å². The van der Waals surface area contributed by atoms with Crippen molar-refractivity contribution < 1.29 is 4.39 Å². The third kappa shape index (κ3) is 2.47. The van der Waals surface area contributed by atoms with E-state index >= 15 is 0 Å². The summed E-state index contributed by atoms with van der Waals surface area (Å²) < 4.78 is 15.5. The number of hydrogen-bond acceptors (Lipinski definition) is 2. The normalized spacial score (nSPS) is 11.2. The molecule has 0 saturated carbocycles. The summed E-state index contributed by atoms with van der Waals surface area (Å²) in [6.45, 7) is 2.80. The van der Waals surface area contributed by atoms with E-state index in [4.69, 9.17) is 17.3 Å². The second kappa shape index (κ2) is 5.37. The maximum absolute atomic E-state index is 13.5. The molecule has 108 valence electrons. The second-order valence-corrected chi connectivity index (χ2v) is 5.39. The van der Waals surface area contributed by atoms with Crippen molar-refractivity contribution >= 4 is 28.3 Å². The highest BCUT2D eigenvalue weighted by Gasteiger charge is 2.15. The summed E-state index contributed by atoms with van der Waals surface area (Å²) >= 11 is 6.07. The van der Waals surface area contributed by atoms with E-state index in [1.54, 1.807) is 24.3 Å². The van der Waals surface area contributed by atoms with Crippen molar-refractivity contribution in [1.82, 2.24) is 9.55 Å². The van der Waals surface area contributed by atoms with Gasteiger partial charge in [0.05, 0.1) is 11.0 Å². The quantitative estimate of drug-likeness (QED) is 0.725. The van der Waals surface area contributed by atoms with E-state index in [0.29, 0.717) is 10.7 Å². The molecular formula is C16H15ClFN3. The molecule has 0 amide bonds. The molecule has 0 aliphatic carbocycles. The molecule has 0 aliphatic rings. The number of aryl methyl sites for hydroxylation is 1. The van der Waals surface area contributed by atoms with Gasteiger partial charge < -0.3 is 10.3 Å². The molecule has 1 heterocycles. The van der Waals surface area contributed by atoms with Gasteiger partial charge in [0, 0.05) is 22.8 Å². The van der Waals surface area contributed by atoms with Crippen LogP contribution in [0.4, 0.5) is 10.1 Å². The number of benzene rings is 2. The Hall–Kier alpha value is -2.07. The Labute approximate surface area is 127 Å². The third-order valence-corrected chi connectivity index (χ3v) is 3.65. The minimum absolute atomic E-state index is 0.273. The van der Waals surface area contributed by atoms with E-state index < -0.39 is 0 Å². The number of halogens is 2. The Kier molecular flexibility index (Phi) is 3.55. The summed E-state index contributed by atoms with van der Waals surface area (Å²) in [4.78, 5) is 4.60. The van der Waals surface area contributed by atoms with Crippen LogP contribution >= 0.6 is 11.6 Å². The molecule has 3 aromatic rings. The van der Waals surface area contributed by atoms with Gasteiger partial charge in [-0.05, 0) is 42.8 Å². The Balaban J connectivity index is 2.30. The lowest BCUT2D eigenvalue weighted by Crippen LogP contribution is -2.02. The molecule has 1 aromatic heterocycles. The summed E-state index contributed by atoms with van der Waals surface area (Å²) in [5, 5.41) is 0.598. The number of anilines is 1. The van der Waals surface area contributed by atoms with Crippen molar-refractivity contribution in [2.24, 2.45) is 0 Å². The fraction of sp³-hybridized carbons (Fsp3) is 0.188. The maximum Gasteiger partial charge on any atom is 0.143 e. The zero-order valence-corrected chi connectivity index (χ0v) is 12.4. The van der Waals surface area contributed by atoms with Crippen molar-refractivity contribution in [2.75, 3.05) is 5.73 Å². The number of rotatable bonds is 3. The zero-order valence-electron chi connectivity index (χ0n) is 11.6. The number of aromatic nitrogens is 2. The second-order valence-electron chi connectivity index (χ2n) is 4.95. The lowest BCUT2D eigenvalue weighted by molar-refractivity contribution is 0.627. The fourth-order valence-electron chi connectivity index (χ4n) is 2.47. The average Bonchev–Trinajstić information content (AvgIpc) is 2.80. The molecule has 0 bridgehead atoms. The van der Waals surface area contributed by atoms with Crippen LogP contribution < -0.4 is 5.73 Å². The summed E-state index contributed by atoms with van der Waals surface area (Å²) in [5.74, 6) is 0.447. The number of nitrogens with zero attached hydrogens (tertiary/aromatic N) is 2. The smallest absolute Gasteiger partial charge is 0.143 e. The number of nitrogens with two attached hydrogens (primary N) is 1. The number of nitrogen functional groups attached to an aromatic ring is 1. The minimum atomic E-state index is -0.273. The van der Waals surface area contributed by atoms with Crippen LogP contribution in [0.25, 0.3) is 22.4 Å². The molecule has 0 fully saturated rings. The van der Waals surface area contributed by atoms with Crippen LogP contribution in [0.3, 0.4) is 0 Å². The average molecular weight is 304 g/mol. The maximum atomic E-state index is 13.5. The van der Waals surface area contributed by atoms with Crippen LogP contribution in [-0.4, -0.2) is 9.55 Å². The molecule has 3 rings (SSSR count). The fourth-order valence-corrected chi connectivity index (χ4v) is 2.65. The summed E-state index contributed by atoms with van der Waals surface area (Å²) in [5.41, 5.74) is 8.95. The van der Waals surface area contributed by atoms with Crippen molar-refractivity contribution in [3.63, 3.8) is 0 Å². The van der Waals surface area contributed by atoms with Crippen LogP contribution in [0.1, 0.15) is 13.3 Å². The number of hydrogen-bond donors (Lipinski definition) is 1. The third-order valence-electron chi connectivity index (χ3n) is 3.41. The number of fused-ring (bicyclic) bond motifs is 1. The van der Waals surface area contributed by atoms with Crippen molar-refractivity contribution in [1.29, 1.82) is 0 Å². The Bertz CT molecular complexity index is 811. The molecular weight excluding hydrogens is 289 g/mol. The van der Waals surface area contributed by atoms with Crippen LogP contribution in [0.5, 0.6) is 0 Å². The summed E-state index contributed by atoms with van der Waals surface area (Å²) in [6.07, 6.45) is 0.912. The highest BCUT2D eigenvalue weighted by atomic mass is 35.5. The topological polar surface area (TPSA) is 43.8 Å². The van der Waals surface area contributed by atoms with Gasteiger partial charge in [-0.2, -0.15) is 0 Å². The Morgan fingerprint density at radius 3 is 2.81 bits per heavy atom. The standard InChI is InChI=1S/C16H15ClFN3/c1-2-7-21-15-9-11(18)4-6-14(15)20-16(21)12-8-10(17)3-5-13(12)19/h3-6,8-9H,2,7,19H2,1H3. The largest absolute Gasteiger partial charge is 0.398 e. The zero-order chi connectivity index (χ0) is 15.0. The highest BCUT2D eigenvalue weighted by Crippen LogP contribution is 2.31. The molecule has 5 heteroatoms. The molecule has 0 unspecified atom stereocenters. The monoisotopic (exact) mass is 303 g/mol. The molecule has 21 heavy (non-hydrogen) atoms. The molecule has 2 aromatic carbocycles. The summed E-state index contributed by atoms with van der Waals surface area (Å²) in [7, 11) is 0. The van der Waals surface area contributed by atoms with Gasteiger partial charge in [-0.3, -0.25) is 0 Å². The van der Waals surface area contributed by atoms with Gasteiger partial charge in [0.2, 0.25) is 0 Å². The van der Waals surface area contributed by atoms with Gasteiger partial charge in [0.15, 0.2) is 0 Å². The van der Waals surface area contributed by atoms with E-state index in [9.17, 15) is 4.39 Å². The molecule has 3 nitrogen and oxygen atoms in total. The summed E-state index contributed by atoms with van der Waals surface area (Å²) in [6, 6.07) is 9.89. The van der Waals surface area contributed by atoms with Crippen LogP contribution in [0.15, 0.2) is 36.4 Å². The number of imidazole rings is 1. The van der Waals surface area contributed by atoms with Gasteiger partial charge in [0.1, 0.15) is 11.6 Å². The first-order valence-corrected chi connectivity index (χ1v) is 7.19. The van der Waals surface area contributed by atoms with Crippen molar-refractivity contribution in [3.05, 3.63) is 47.2 Å². The van der Waals surface area contributed by atoms with E-state index in [0.717, 1.165) is 35.4 Å². The minimum Gasteiger partial charge on any atom is -0.398 e. The van der Waals surface area contributed by atoms with Crippen molar-refractivity contribution in [3.8, 4) is 11.4 Å². The molecule has 0 spiro atoms. The molecule has 2 N–H and O–H groups in total. The van der Waals surface area contributed by atoms with E-state index in [-0.39, 0.29) is 5.82 Å². The van der Waals surface area contributed by atoms with Gasteiger partial charge in [-0.25, -0.2) is 9.37 Å². The van der Waals surface area contributed by atoms with Crippen LogP contribution in [0.2, 0.25) is 5.02 Å². The predicted octanol–water partition coefficient (Wildman–Crippen LogP) is 4.49. The van der Waals surface area contributed by atoms with Gasteiger partial charge in [-0.1, -0.05) is 18.5 Å². The van der Waals surface area contributed by atoms with E-state index in [1.165, 1.54) is 12.1 Å². The highest BCUT2D eigenvalue weighted by molar-refractivity contribution is 6.31. The van der Waals surface area contributed by atoms with Crippen LogP contribution in [-0.2, 0) is 6.54 Å². The molecule has 0 radical (unpaired) electrons. The van der Waals surface area contributed by atoms with Gasteiger partial charge in [0.25, 0.3) is 0 Å². The van der Waals surface area contributed by atoms with Gasteiger partial charge >= 0.3 is 0 Å². The van der Waals surface area contributed by atoms with E-state index in [2.05, 4.69) is 11.9 Å². The predicted molar refractivity (Wildman–Crippen MR) is 84.8 cm³/mol. The molecule has 0 saturated heterocycles. The lowest BCUT2D eigenvalue weighted by Gasteiger charge is -2.10. The first kappa shape index (κ1) is 13.9. The Morgan fingerprint density at radius 1 is 1.24 bits per heavy atom. The van der Waals surface area contributed by atoms with Crippen LogP contribution in [0, 0.1) is 5.82 Å². The first-order valence-electron chi connectivity index (χ1n) is 6.81. The SMILES string of the molecule is CCCn1c(-c2cc(Cl)ccc2N)nc2ccc(F)cc21. The lowest BCUT2D eigenvalue weighted by atomic mass is 10.1. The first-order chi connectivity index (χ1) is 10.1. The van der Waals surface area contributed by atoms with E-state index in [1.807, 2.05) is 4.57 Å². The Morgan fingerprint density at radius 2 is 2.05 bits per heavy atom.